The minimum Gasteiger partial charge on any atom is -0.382 e. The Morgan fingerprint density at radius 3 is 2.52 bits per heavy atom. The smallest absolute Gasteiger partial charge is 0.193 e. The van der Waals surface area contributed by atoms with E-state index in [1.165, 1.54) is 11.1 Å². The minimum absolute atomic E-state index is 0. The van der Waals surface area contributed by atoms with E-state index >= 15 is 0 Å². The van der Waals surface area contributed by atoms with Crippen molar-refractivity contribution in [1.82, 2.24) is 10.2 Å². The molecule has 5 nitrogen and oxygen atoms in total. The SMILES string of the molecule is CN=C(NCCOCCOC)N1CCC(=Cc2ccccc2)CC1.I. The van der Waals surface area contributed by atoms with Crippen LogP contribution in [-0.2, 0) is 9.47 Å². The number of nitrogens with zero attached hydrogens (tertiary/aromatic N) is 2. The molecule has 140 valence electrons. The predicted octanol–water partition coefficient (Wildman–Crippen LogP) is 3.02. The van der Waals surface area contributed by atoms with E-state index in [-0.39, 0.29) is 24.0 Å². The second-order valence-electron chi connectivity index (χ2n) is 5.78. The first-order valence-corrected chi connectivity index (χ1v) is 8.60. The average molecular weight is 459 g/mol. The van der Waals surface area contributed by atoms with Gasteiger partial charge >= 0.3 is 0 Å². The van der Waals surface area contributed by atoms with Crippen molar-refractivity contribution in [3.05, 3.63) is 41.5 Å². The van der Waals surface area contributed by atoms with Gasteiger partial charge in [0.25, 0.3) is 0 Å². The molecule has 1 fully saturated rings. The van der Waals surface area contributed by atoms with E-state index in [0.29, 0.717) is 19.8 Å². The lowest BCUT2D eigenvalue weighted by Gasteiger charge is -2.31. The Labute approximate surface area is 168 Å². The number of ether oxygens (including phenoxy) is 2. The van der Waals surface area contributed by atoms with Crippen molar-refractivity contribution in [2.75, 3.05) is 53.6 Å². The third-order valence-electron chi connectivity index (χ3n) is 4.05. The summed E-state index contributed by atoms with van der Waals surface area (Å²) in [5.41, 5.74) is 2.80. The van der Waals surface area contributed by atoms with E-state index in [9.17, 15) is 0 Å². The minimum atomic E-state index is 0. The van der Waals surface area contributed by atoms with Gasteiger partial charge in [-0.1, -0.05) is 42.0 Å². The van der Waals surface area contributed by atoms with Gasteiger partial charge in [-0.3, -0.25) is 4.99 Å². The van der Waals surface area contributed by atoms with E-state index in [1.54, 1.807) is 7.11 Å². The van der Waals surface area contributed by atoms with Crippen LogP contribution >= 0.6 is 24.0 Å². The Bertz CT molecular complexity index is 525. The number of piperidine rings is 1. The lowest BCUT2D eigenvalue weighted by atomic mass is 10.0. The van der Waals surface area contributed by atoms with Crippen molar-refractivity contribution in [3.8, 4) is 0 Å². The Morgan fingerprint density at radius 2 is 1.88 bits per heavy atom. The highest BCUT2D eigenvalue weighted by Gasteiger charge is 2.16. The van der Waals surface area contributed by atoms with Gasteiger partial charge in [0.15, 0.2) is 5.96 Å². The monoisotopic (exact) mass is 459 g/mol. The molecule has 1 aromatic rings. The fourth-order valence-corrected chi connectivity index (χ4v) is 2.75. The van der Waals surface area contributed by atoms with Crippen LogP contribution in [0.15, 0.2) is 40.9 Å². The summed E-state index contributed by atoms with van der Waals surface area (Å²) >= 11 is 0. The number of likely N-dealkylation sites (tertiary alicyclic amines) is 1. The van der Waals surface area contributed by atoms with Crippen molar-refractivity contribution in [1.29, 1.82) is 0 Å². The number of guanidine groups is 1. The van der Waals surface area contributed by atoms with Crippen LogP contribution in [-0.4, -0.2) is 64.5 Å². The number of rotatable bonds is 7. The molecule has 0 radical (unpaired) electrons. The number of halogens is 1. The van der Waals surface area contributed by atoms with Crippen LogP contribution < -0.4 is 5.32 Å². The standard InChI is InChI=1S/C19H29N3O2.HI/c1-20-19(21-10-13-24-15-14-23-2)22-11-8-18(9-12-22)16-17-6-4-3-5-7-17;/h3-7,16H,8-15H2,1-2H3,(H,20,21);1H. The lowest BCUT2D eigenvalue weighted by Crippen LogP contribution is -2.45. The molecule has 0 aromatic heterocycles. The van der Waals surface area contributed by atoms with Crippen molar-refractivity contribution in [3.63, 3.8) is 0 Å². The highest BCUT2D eigenvalue weighted by atomic mass is 127. The van der Waals surface area contributed by atoms with Gasteiger partial charge in [-0.05, 0) is 18.4 Å². The number of nitrogens with one attached hydrogen (secondary N) is 1. The van der Waals surface area contributed by atoms with E-state index in [4.69, 9.17) is 9.47 Å². The molecular formula is C19H30IN3O2. The van der Waals surface area contributed by atoms with Crippen LogP contribution in [0.25, 0.3) is 6.08 Å². The maximum Gasteiger partial charge on any atom is 0.193 e. The number of benzene rings is 1. The Morgan fingerprint density at radius 1 is 1.16 bits per heavy atom. The second kappa shape index (κ2) is 13.1. The van der Waals surface area contributed by atoms with Crippen LogP contribution in [0.1, 0.15) is 18.4 Å². The van der Waals surface area contributed by atoms with Crippen molar-refractivity contribution >= 4 is 36.0 Å². The first kappa shape index (κ1) is 21.9. The zero-order valence-electron chi connectivity index (χ0n) is 15.2. The summed E-state index contributed by atoms with van der Waals surface area (Å²) < 4.78 is 10.4. The van der Waals surface area contributed by atoms with Crippen LogP contribution in [0.2, 0.25) is 0 Å². The van der Waals surface area contributed by atoms with E-state index < -0.39 is 0 Å². The van der Waals surface area contributed by atoms with Gasteiger partial charge in [-0.15, -0.1) is 24.0 Å². The fourth-order valence-electron chi connectivity index (χ4n) is 2.75. The largest absolute Gasteiger partial charge is 0.382 e. The quantitative estimate of drug-likeness (QED) is 0.295. The summed E-state index contributed by atoms with van der Waals surface area (Å²) in [4.78, 5) is 6.70. The van der Waals surface area contributed by atoms with Gasteiger partial charge in [0.2, 0.25) is 0 Å². The maximum atomic E-state index is 5.47. The maximum absolute atomic E-state index is 5.47. The van der Waals surface area contributed by atoms with E-state index in [0.717, 1.165) is 38.4 Å². The zero-order valence-corrected chi connectivity index (χ0v) is 17.6. The van der Waals surface area contributed by atoms with Crippen molar-refractivity contribution < 1.29 is 9.47 Å². The second-order valence-corrected chi connectivity index (χ2v) is 5.78. The number of methoxy groups -OCH3 is 1. The Hall–Kier alpha value is -1.12. The van der Waals surface area contributed by atoms with Gasteiger partial charge in [-0.2, -0.15) is 0 Å². The molecular weight excluding hydrogens is 429 g/mol. The highest BCUT2D eigenvalue weighted by Crippen LogP contribution is 2.19. The molecule has 1 aliphatic heterocycles. The third-order valence-corrected chi connectivity index (χ3v) is 4.05. The van der Waals surface area contributed by atoms with Gasteiger partial charge in [0.05, 0.1) is 19.8 Å². The summed E-state index contributed by atoms with van der Waals surface area (Å²) in [5, 5.41) is 3.37. The predicted molar refractivity (Wildman–Crippen MR) is 115 cm³/mol. The van der Waals surface area contributed by atoms with Gasteiger partial charge in [0.1, 0.15) is 0 Å². The first-order chi connectivity index (χ1) is 11.8. The fraction of sp³-hybridized carbons (Fsp3) is 0.526. The molecule has 2 rings (SSSR count). The molecule has 0 aliphatic carbocycles. The first-order valence-electron chi connectivity index (χ1n) is 8.60. The van der Waals surface area contributed by atoms with Crippen molar-refractivity contribution in [2.45, 2.75) is 12.8 Å². The van der Waals surface area contributed by atoms with Gasteiger partial charge < -0.3 is 19.7 Å². The molecule has 1 saturated heterocycles. The molecule has 0 atom stereocenters. The molecule has 25 heavy (non-hydrogen) atoms. The van der Waals surface area contributed by atoms with Gasteiger partial charge in [0, 0.05) is 33.8 Å². The molecule has 0 bridgehead atoms. The topological polar surface area (TPSA) is 46.1 Å². The molecule has 1 aromatic carbocycles. The Balaban J connectivity index is 0.00000312. The molecule has 6 heteroatoms. The highest BCUT2D eigenvalue weighted by molar-refractivity contribution is 14.0. The van der Waals surface area contributed by atoms with Crippen LogP contribution in [0, 0.1) is 0 Å². The summed E-state index contributed by atoms with van der Waals surface area (Å²) in [7, 11) is 3.52. The summed E-state index contributed by atoms with van der Waals surface area (Å²) in [6.45, 7) is 4.70. The molecule has 1 aliphatic rings. The van der Waals surface area contributed by atoms with Crippen molar-refractivity contribution in [2.24, 2.45) is 4.99 Å². The summed E-state index contributed by atoms with van der Waals surface area (Å²) in [6, 6.07) is 10.5. The zero-order chi connectivity index (χ0) is 17.0. The summed E-state index contributed by atoms with van der Waals surface area (Å²) in [6.07, 6.45) is 4.48. The normalized spacial score (nSPS) is 14.9. The number of hydrogen-bond acceptors (Lipinski definition) is 3. The molecule has 1 N–H and O–H groups in total. The third kappa shape index (κ3) is 8.20. The van der Waals surface area contributed by atoms with E-state index in [1.807, 2.05) is 7.05 Å². The molecule has 0 spiro atoms. The van der Waals surface area contributed by atoms with E-state index in [2.05, 4.69) is 51.6 Å². The lowest BCUT2D eigenvalue weighted by molar-refractivity contribution is 0.0731. The van der Waals surface area contributed by atoms with Gasteiger partial charge in [-0.25, -0.2) is 0 Å². The molecule has 1 heterocycles. The summed E-state index contributed by atoms with van der Waals surface area (Å²) in [5.74, 6) is 0.962. The Kier molecular flexibility index (Phi) is 11.5. The molecule has 0 saturated carbocycles. The molecule has 0 amide bonds. The van der Waals surface area contributed by atoms with Crippen LogP contribution in [0.3, 0.4) is 0 Å². The van der Waals surface area contributed by atoms with Crippen LogP contribution in [0.4, 0.5) is 0 Å². The van der Waals surface area contributed by atoms with Crippen LogP contribution in [0.5, 0.6) is 0 Å². The average Bonchev–Trinajstić information content (AvgIpc) is 2.63. The number of aliphatic imine (C=N–C) groups is 1. The number of hydrogen-bond donors (Lipinski definition) is 1. The molecule has 0 unspecified atom stereocenters.